The van der Waals surface area contributed by atoms with Crippen molar-refractivity contribution in [2.45, 2.75) is 63.8 Å². The molecule has 0 bridgehead atoms. The average molecular weight is 282 g/mol. The van der Waals surface area contributed by atoms with E-state index in [1.807, 2.05) is 4.90 Å². The fourth-order valence-electron chi connectivity index (χ4n) is 3.94. The number of hydrogen-bond acceptors (Lipinski definition) is 3. The van der Waals surface area contributed by atoms with Gasteiger partial charge >= 0.3 is 0 Å². The molecular formula is C16H30N2O2. The van der Waals surface area contributed by atoms with Crippen LogP contribution in [0.25, 0.3) is 0 Å². The van der Waals surface area contributed by atoms with E-state index in [1.165, 1.54) is 25.7 Å². The molecule has 116 valence electrons. The molecule has 2 saturated carbocycles. The Kier molecular flexibility index (Phi) is 6.30. The van der Waals surface area contributed by atoms with Crippen molar-refractivity contribution < 1.29 is 9.90 Å². The number of nitrogens with two attached hydrogens (primary N) is 1. The first-order valence-electron chi connectivity index (χ1n) is 8.37. The highest BCUT2D eigenvalue weighted by molar-refractivity contribution is 5.79. The molecule has 4 nitrogen and oxygen atoms in total. The van der Waals surface area contributed by atoms with Gasteiger partial charge in [-0.25, -0.2) is 0 Å². The van der Waals surface area contributed by atoms with E-state index in [4.69, 9.17) is 5.73 Å². The van der Waals surface area contributed by atoms with E-state index in [-0.39, 0.29) is 18.4 Å². The second kappa shape index (κ2) is 7.99. The van der Waals surface area contributed by atoms with Crippen LogP contribution in [0.5, 0.6) is 0 Å². The molecule has 0 aromatic carbocycles. The minimum Gasteiger partial charge on any atom is -0.395 e. The normalized spacial score (nSPS) is 28.3. The summed E-state index contributed by atoms with van der Waals surface area (Å²) in [5.41, 5.74) is 5.78. The van der Waals surface area contributed by atoms with Crippen molar-refractivity contribution in [2.24, 2.45) is 17.6 Å². The summed E-state index contributed by atoms with van der Waals surface area (Å²) in [7, 11) is 0. The van der Waals surface area contributed by atoms with Crippen LogP contribution in [0.2, 0.25) is 0 Å². The molecule has 20 heavy (non-hydrogen) atoms. The Bertz CT molecular complexity index is 303. The van der Waals surface area contributed by atoms with Gasteiger partial charge in [-0.3, -0.25) is 4.79 Å². The van der Waals surface area contributed by atoms with Gasteiger partial charge in [-0.1, -0.05) is 25.7 Å². The first-order valence-corrected chi connectivity index (χ1v) is 8.37. The Morgan fingerprint density at radius 1 is 1.10 bits per heavy atom. The third-order valence-electron chi connectivity index (χ3n) is 5.10. The van der Waals surface area contributed by atoms with Crippen molar-refractivity contribution in [1.82, 2.24) is 4.90 Å². The van der Waals surface area contributed by atoms with Gasteiger partial charge in [0.1, 0.15) is 0 Å². The SMILES string of the molecule is NCC1CCCC(C(=O)N(CCO)C2CCCCC2)C1. The van der Waals surface area contributed by atoms with Gasteiger partial charge in [0.05, 0.1) is 6.61 Å². The van der Waals surface area contributed by atoms with Crippen molar-refractivity contribution in [1.29, 1.82) is 0 Å². The molecule has 2 atom stereocenters. The van der Waals surface area contributed by atoms with Crippen molar-refractivity contribution >= 4 is 5.91 Å². The molecular weight excluding hydrogens is 252 g/mol. The lowest BCUT2D eigenvalue weighted by Crippen LogP contribution is -2.47. The molecule has 0 radical (unpaired) electrons. The number of nitrogens with zero attached hydrogens (tertiary/aromatic N) is 1. The number of rotatable bonds is 5. The lowest BCUT2D eigenvalue weighted by Gasteiger charge is -2.38. The van der Waals surface area contributed by atoms with E-state index >= 15 is 0 Å². The summed E-state index contributed by atoms with van der Waals surface area (Å²) in [6, 6.07) is 0.363. The van der Waals surface area contributed by atoms with Crippen LogP contribution in [0.4, 0.5) is 0 Å². The maximum Gasteiger partial charge on any atom is 0.226 e. The monoisotopic (exact) mass is 282 g/mol. The lowest BCUT2D eigenvalue weighted by atomic mass is 9.80. The summed E-state index contributed by atoms with van der Waals surface area (Å²) in [4.78, 5) is 14.8. The van der Waals surface area contributed by atoms with Crippen LogP contribution in [0, 0.1) is 11.8 Å². The molecule has 0 aliphatic heterocycles. The smallest absolute Gasteiger partial charge is 0.226 e. The van der Waals surface area contributed by atoms with Gasteiger partial charge in [0.2, 0.25) is 5.91 Å². The quantitative estimate of drug-likeness (QED) is 0.809. The number of carbonyl (C=O) groups is 1. The number of aliphatic hydroxyl groups is 1. The van der Waals surface area contributed by atoms with Gasteiger partial charge in [0.15, 0.2) is 0 Å². The zero-order valence-electron chi connectivity index (χ0n) is 12.6. The fourth-order valence-corrected chi connectivity index (χ4v) is 3.94. The van der Waals surface area contributed by atoms with Crippen LogP contribution in [0.15, 0.2) is 0 Å². The molecule has 3 N–H and O–H groups in total. The predicted octanol–water partition coefficient (Wildman–Crippen LogP) is 1.91. The Morgan fingerprint density at radius 3 is 2.50 bits per heavy atom. The minimum atomic E-state index is 0.0786. The highest BCUT2D eigenvalue weighted by atomic mass is 16.3. The molecule has 4 heteroatoms. The fraction of sp³-hybridized carbons (Fsp3) is 0.938. The van der Waals surface area contributed by atoms with Crippen LogP contribution >= 0.6 is 0 Å². The summed E-state index contributed by atoms with van der Waals surface area (Å²) in [5.74, 6) is 0.940. The molecule has 0 saturated heterocycles. The van der Waals surface area contributed by atoms with E-state index < -0.39 is 0 Å². The Morgan fingerprint density at radius 2 is 1.85 bits per heavy atom. The number of amides is 1. The first kappa shape index (κ1) is 15.8. The van der Waals surface area contributed by atoms with Crippen molar-refractivity contribution in [2.75, 3.05) is 19.7 Å². The zero-order chi connectivity index (χ0) is 14.4. The van der Waals surface area contributed by atoms with E-state index in [9.17, 15) is 9.90 Å². The van der Waals surface area contributed by atoms with E-state index in [0.29, 0.717) is 25.0 Å². The first-order chi connectivity index (χ1) is 9.76. The third kappa shape index (κ3) is 3.95. The summed E-state index contributed by atoms with van der Waals surface area (Å²) < 4.78 is 0. The largest absolute Gasteiger partial charge is 0.395 e. The summed E-state index contributed by atoms with van der Waals surface area (Å²) in [6.07, 6.45) is 10.2. The van der Waals surface area contributed by atoms with Gasteiger partial charge in [-0.2, -0.15) is 0 Å². The highest BCUT2D eigenvalue weighted by Gasteiger charge is 2.33. The van der Waals surface area contributed by atoms with Crippen LogP contribution in [0.1, 0.15) is 57.8 Å². The molecule has 0 aromatic rings. The molecule has 0 spiro atoms. The molecule has 2 rings (SSSR count). The second-order valence-electron chi connectivity index (χ2n) is 6.51. The number of carbonyl (C=O) groups excluding carboxylic acids is 1. The van der Waals surface area contributed by atoms with Crippen LogP contribution in [0.3, 0.4) is 0 Å². The molecule has 2 unspecified atom stereocenters. The van der Waals surface area contributed by atoms with Gasteiger partial charge in [-0.05, 0) is 44.6 Å². The summed E-state index contributed by atoms with van der Waals surface area (Å²) >= 11 is 0. The van der Waals surface area contributed by atoms with Gasteiger partial charge in [0.25, 0.3) is 0 Å². The second-order valence-corrected chi connectivity index (χ2v) is 6.51. The lowest BCUT2D eigenvalue weighted by molar-refractivity contribution is -0.140. The topological polar surface area (TPSA) is 66.6 Å². The maximum absolute atomic E-state index is 12.8. The number of hydrogen-bond donors (Lipinski definition) is 2. The standard InChI is InChI=1S/C16H30N2O2/c17-12-13-5-4-6-14(11-13)16(20)18(9-10-19)15-7-2-1-3-8-15/h13-15,19H,1-12,17H2. The average Bonchev–Trinajstić information content (AvgIpc) is 2.53. The maximum atomic E-state index is 12.8. The van der Waals surface area contributed by atoms with E-state index in [1.54, 1.807) is 0 Å². The van der Waals surface area contributed by atoms with Gasteiger partial charge in [0, 0.05) is 18.5 Å². The van der Waals surface area contributed by atoms with Crippen molar-refractivity contribution in [3.8, 4) is 0 Å². The molecule has 2 aliphatic rings. The van der Waals surface area contributed by atoms with Crippen LogP contribution in [-0.4, -0.2) is 41.7 Å². The Hall–Kier alpha value is -0.610. The Labute approximate surface area is 122 Å². The van der Waals surface area contributed by atoms with Gasteiger partial charge in [-0.15, -0.1) is 0 Å². The van der Waals surface area contributed by atoms with Crippen LogP contribution in [-0.2, 0) is 4.79 Å². The zero-order valence-corrected chi connectivity index (χ0v) is 12.6. The molecule has 0 aromatic heterocycles. The summed E-state index contributed by atoms with van der Waals surface area (Å²) in [5, 5.41) is 9.30. The van der Waals surface area contributed by atoms with E-state index in [0.717, 1.165) is 32.1 Å². The minimum absolute atomic E-state index is 0.0786. The molecule has 1 amide bonds. The third-order valence-corrected chi connectivity index (χ3v) is 5.10. The van der Waals surface area contributed by atoms with Crippen LogP contribution < -0.4 is 5.73 Å². The van der Waals surface area contributed by atoms with Crippen molar-refractivity contribution in [3.63, 3.8) is 0 Å². The molecule has 2 fully saturated rings. The van der Waals surface area contributed by atoms with E-state index in [2.05, 4.69) is 0 Å². The molecule has 2 aliphatic carbocycles. The summed E-state index contributed by atoms with van der Waals surface area (Å²) in [6.45, 7) is 1.29. The number of aliphatic hydroxyl groups excluding tert-OH is 1. The molecule has 0 heterocycles. The van der Waals surface area contributed by atoms with Gasteiger partial charge < -0.3 is 15.7 Å². The predicted molar refractivity (Wildman–Crippen MR) is 80.2 cm³/mol. The highest BCUT2D eigenvalue weighted by Crippen LogP contribution is 2.32. The Balaban J connectivity index is 1.98. The van der Waals surface area contributed by atoms with Crippen molar-refractivity contribution in [3.05, 3.63) is 0 Å².